The highest BCUT2D eigenvalue weighted by atomic mass is 16.1. The van der Waals surface area contributed by atoms with Gasteiger partial charge in [-0.3, -0.25) is 4.79 Å². The molecule has 0 aliphatic carbocycles. The molecule has 0 aliphatic heterocycles. The lowest BCUT2D eigenvalue weighted by molar-refractivity contribution is -0.116. The van der Waals surface area contributed by atoms with Crippen molar-refractivity contribution in [1.29, 1.82) is 0 Å². The average molecular weight is 220 g/mol. The SMILES string of the molecule is CCCCC(=O)Nc1ccc([C@@H](C)N)cc1. The van der Waals surface area contributed by atoms with Crippen molar-refractivity contribution in [2.24, 2.45) is 5.73 Å². The number of hydrogen-bond acceptors (Lipinski definition) is 2. The molecule has 0 bridgehead atoms. The molecule has 1 amide bonds. The highest BCUT2D eigenvalue weighted by molar-refractivity contribution is 5.90. The molecule has 1 aromatic carbocycles. The first-order valence-electron chi connectivity index (χ1n) is 5.79. The van der Waals surface area contributed by atoms with Crippen molar-refractivity contribution in [3.8, 4) is 0 Å². The van der Waals surface area contributed by atoms with Gasteiger partial charge in [-0.05, 0) is 31.0 Å². The van der Waals surface area contributed by atoms with Gasteiger partial charge < -0.3 is 11.1 Å². The molecule has 0 aliphatic rings. The Hall–Kier alpha value is -1.35. The van der Waals surface area contributed by atoms with Gasteiger partial charge in [0.05, 0.1) is 0 Å². The first-order chi connectivity index (χ1) is 7.63. The van der Waals surface area contributed by atoms with Crippen molar-refractivity contribution >= 4 is 11.6 Å². The second kappa shape index (κ2) is 6.28. The molecule has 3 N–H and O–H groups in total. The molecule has 0 saturated heterocycles. The van der Waals surface area contributed by atoms with Gasteiger partial charge >= 0.3 is 0 Å². The van der Waals surface area contributed by atoms with Crippen LogP contribution in [0.1, 0.15) is 44.7 Å². The summed E-state index contributed by atoms with van der Waals surface area (Å²) in [4.78, 5) is 11.5. The molecule has 3 heteroatoms. The molecule has 0 radical (unpaired) electrons. The molecule has 0 aromatic heterocycles. The Morgan fingerprint density at radius 1 is 1.38 bits per heavy atom. The molecule has 3 nitrogen and oxygen atoms in total. The Morgan fingerprint density at radius 3 is 2.50 bits per heavy atom. The van der Waals surface area contributed by atoms with Gasteiger partial charge in [0.25, 0.3) is 0 Å². The lowest BCUT2D eigenvalue weighted by atomic mass is 10.1. The Morgan fingerprint density at radius 2 is 2.00 bits per heavy atom. The fourth-order valence-electron chi connectivity index (χ4n) is 1.43. The lowest BCUT2D eigenvalue weighted by Gasteiger charge is -2.08. The summed E-state index contributed by atoms with van der Waals surface area (Å²) in [5.41, 5.74) is 7.66. The molecule has 88 valence electrons. The van der Waals surface area contributed by atoms with E-state index in [2.05, 4.69) is 12.2 Å². The Balaban J connectivity index is 2.51. The van der Waals surface area contributed by atoms with Crippen LogP contribution in [-0.4, -0.2) is 5.91 Å². The van der Waals surface area contributed by atoms with Crippen molar-refractivity contribution in [1.82, 2.24) is 0 Å². The molecular weight excluding hydrogens is 200 g/mol. The normalized spacial score (nSPS) is 12.2. The van der Waals surface area contributed by atoms with E-state index in [-0.39, 0.29) is 11.9 Å². The quantitative estimate of drug-likeness (QED) is 0.801. The van der Waals surface area contributed by atoms with Gasteiger partial charge in [0.15, 0.2) is 0 Å². The Labute approximate surface area is 97.0 Å². The molecule has 1 rings (SSSR count). The summed E-state index contributed by atoms with van der Waals surface area (Å²) in [5.74, 6) is 0.0791. The number of carbonyl (C=O) groups excluding carboxylic acids is 1. The van der Waals surface area contributed by atoms with Crippen LogP contribution in [0, 0.1) is 0 Å². The number of benzene rings is 1. The van der Waals surface area contributed by atoms with E-state index in [9.17, 15) is 4.79 Å². The predicted octanol–water partition coefficient (Wildman–Crippen LogP) is 2.83. The summed E-state index contributed by atoms with van der Waals surface area (Å²) < 4.78 is 0. The Kier molecular flexibility index (Phi) is 4.99. The number of carbonyl (C=O) groups is 1. The Bertz CT molecular complexity index is 330. The molecular formula is C13H20N2O. The van der Waals surface area contributed by atoms with Crippen molar-refractivity contribution in [3.63, 3.8) is 0 Å². The van der Waals surface area contributed by atoms with Crippen molar-refractivity contribution in [3.05, 3.63) is 29.8 Å². The zero-order valence-electron chi connectivity index (χ0n) is 9.99. The number of anilines is 1. The van der Waals surface area contributed by atoms with E-state index in [1.807, 2.05) is 31.2 Å². The molecule has 1 aromatic rings. The molecule has 1 atom stereocenters. The van der Waals surface area contributed by atoms with Crippen LogP contribution >= 0.6 is 0 Å². The third kappa shape index (κ3) is 4.03. The summed E-state index contributed by atoms with van der Waals surface area (Å²) in [7, 11) is 0. The molecule has 0 spiro atoms. The number of nitrogens with two attached hydrogens (primary N) is 1. The molecule has 0 heterocycles. The predicted molar refractivity (Wildman–Crippen MR) is 67.2 cm³/mol. The second-order valence-corrected chi connectivity index (χ2v) is 4.06. The molecule has 0 unspecified atom stereocenters. The van der Waals surface area contributed by atoms with Gasteiger partial charge in [0.1, 0.15) is 0 Å². The minimum absolute atomic E-state index is 0.0323. The summed E-state index contributed by atoms with van der Waals surface area (Å²) in [5, 5.41) is 2.86. The van der Waals surface area contributed by atoms with Crippen molar-refractivity contribution < 1.29 is 4.79 Å². The van der Waals surface area contributed by atoms with E-state index in [4.69, 9.17) is 5.73 Å². The highest BCUT2D eigenvalue weighted by Gasteiger charge is 2.02. The number of rotatable bonds is 5. The number of amides is 1. The summed E-state index contributed by atoms with van der Waals surface area (Å²) >= 11 is 0. The second-order valence-electron chi connectivity index (χ2n) is 4.06. The van der Waals surface area contributed by atoms with Gasteiger partial charge in [0, 0.05) is 18.2 Å². The van der Waals surface area contributed by atoms with E-state index in [1.54, 1.807) is 0 Å². The van der Waals surface area contributed by atoms with Crippen LogP contribution < -0.4 is 11.1 Å². The van der Waals surface area contributed by atoms with Crippen LogP contribution in [0.15, 0.2) is 24.3 Å². The van der Waals surface area contributed by atoms with Gasteiger partial charge in [-0.2, -0.15) is 0 Å². The molecule has 0 saturated carbocycles. The largest absolute Gasteiger partial charge is 0.326 e. The van der Waals surface area contributed by atoms with Crippen LogP contribution in [0.5, 0.6) is 0 Å². The van der Waals surface area contributed by atoms with Crippen LogP contribution in [0.4, 0.5) is 5.69 Å². The fraction of sp³-hybridized carbons (Fsp3) is 0.462. The van der Waals surface area contributed by atoms with Crippen LogP contribution in [0.3, 0.4) is 0 Å². The van der Waals surface area contributed by atoms with Crippen LogP contribution in [-0.2, 0) is 4.79 Å². The van der Waals surface area contributed by atoms with Gasteiger partial charge in [-0.15, -0.1) is 0 Å². The van der Waals surface area contributed by atoms with Crippen LogP contribution in [0.2, 0.25) is 0 Å². The van der Waals surface area contributed by atoms with E-state index < -0.39 is 0 Å². The minimum Gasteiger partial charge on any atom is -0.326 e. The van der Waals surface area contributed by atoms with E-state index in [1.165, 1.54) is 0 Å². The standard InChI is InChI=1S/C13H20N2O/c1-3-4-5-13(16)15-12-8-6-11(7-9-12)10(2)14/h6-10H,3-5,14H2,1-2H3,(H,15,16)/t10-/m1/s1. The number of unbranched alkanes of at least 4 members (excludes halogenated alkanes) is 1. The summed E-state index contributed by atoms with van der Waals surface area (Å²) in [6, 6.07) is 7.70. The third-order valence-corrected chi connectivity index (χ3v) is 2.48. The van der Waals surface area contributed by atoms with E-state index in [0.717, 1.165) is 24.1 Å². The monoisotopic (exact) mass is 220 g/mol. The van der Waals surface area contributed by atoms with Gasteiger partial charge in [-0.1, -0.05) is 25.5 Å². The van der Waals surface area contributed by atoms with Gasteiger partial charge in [0.2, 0.25) is 5.91 Å². The first-order valence-corrected chi connectivity index (χ1v) is 5.79. The summed E-state index contributed by atoms with van der Waals surface area (Å²) in [6.07, 6.45) is 2.56. The zero-order valence-corrected chi connectivity index (χ0v) is 9.99. The van der Waals surface area contributed by atoms with E-state index >= 15 is 0 Å². The van der Waals surface area contributed by atoms with Crippen molar-refractivity contribution in [2.75, 3.05) is 5.32 Å². The average Bonchev–Trinajstić information content (AvgIpc) is 2.27. The summed E-state index contributed by atoms with van der Waals surface area (Å²) in [6.45, 7) is 4.01. The molecule has 16 heavy (non-hydrogen) atoms. The zero-order chi connectivity index (χ0) is 12.0. The van der Waals surface area contributed by atoms with Crippen LogP contribution in [0.25, 0.3) is 0 Å². The third-order valence-electron chi connectivity index (χ3n) is 2.48. The fourth-order valence-corrected chi connectivity index (χ4v) is 1.43. The number of nitrogens with one attached hydrogen (secondary N) is 1. The minimum atomic E-state index is 0.0323. The maximum Gasteiger partial charge on any atom is 0.224 e. The highest BCUT2D eigenvalue weighted by Crippen LogP contribution is 2.14. The van der Waals surface area contributed by atoms with Gasteiger partial charge in [-0.25, -0.2) is 0 Å². The number of hydrogen-bond donors (Lipinski definition) is 2. The topological polar surface area (TPSA) is 55.1 Å². The van der Waals surface area contributed by atoms with Crippen molar-refractivity contribution in [2.45, 2.75) is 39.2 Å². The molecule has 0 fully saturated rings. The first kappa shape index (κ1) is 12.7. The lowest BCUT2D eigenvalue weighted by Crippen LogP contribution is -2.11. The maximum absolute atomic E-state index is 11.5. The smallest absolute Gasteiger partial charge is 0.224 e. The maximum atomic E-state index is 11.5. The van der Waals surface area contributed by atoms with E-state index in [0.29, 0.717) is 6.42 Å².